The molecule has 7 heteroatoms. The summed E-state index contributed by atoms with van der Waals surface area (Å²) in [5, 5.41) is 3.46. The second kappa shape index (κ2) is 10.6. The molecule has 0 radical (unpaired) electrons. The lowest BCUT2D eigenvalue weighted by Gasteiger charge is -2.33. The van der Waals surface area contributed by atoms with Crippen LogP contribution in [0.2, 0.25) is 0 Å². The first kappa shape index (κ1) is 20.9. The fourth-order valence-corrected chi connectivity index (χ4v) is 3.51. The van der Waals surface area contributed by atoms with Crippen LogP contribution in [0.1, 0.15) is 61.4 Å². The molecule has 1 aromatic rings. The third-order valence-electron chi connectivity index (χ3n) is 4.73. The average Bonchev–Trinajstić information content (AvgIpc) is 2.65. The van der Waals surface area contributed by atoms with Gasteiger partial charge in [0.1, 0.15) is 12.4 Å². The number of aryl methyl sites for hydroxylation is 1. The average molecular weight is 377 g/mol. The molecular formula is C20H32N4O3. The second-order valence-electron chi connectivity index (χ2n) is 6.97. The van der Waals surface area contributed by atoms with Crippen LogP contribution in [0.25, 0.3) is 0 Å². The molecule has 1 aromatic carbocycles. The van der Waals surface area contributed by atoms with Crippen LogP contribution in [0, 0.1) is 6.92 Å². The number of hydrogen-bond acceptors (Lipinski definition) is 4. The fraction of sp³-hybridized carbons (Fsp3) is 0.600. The Balaban J connectivity index is 1.96. The van der Waals surface area contributed by atoms with Gasteiger partial charge in [-0.25, -0.2) is 0 Å². The number of rotatable bonds is 9. The van der Waals surface area contributed by atoms with E-state index in [1.165, 1.54) is 19.3 Å². The van der Waals surface area contributed by atoms with E-state index in [9.17, 15) is 4.79 Å². The zero-order chi connectivity index (χ0) is 19.6. The zero-order valence-electron chi connectivity index (χ0n) is 16.4. The minimum atomic E-state index is -0.101. The van der Waals surface area contributed by atoms with Gasteiger partial charge >= 0.3 is 0 Å². The smallest absolute Gasteiger partial charge is 0.254 e. The summed E-state index contributed by atoms with van der Waals surface area (Å²) in [6.07, 6.45) is 6.53. The highest BCUT2D eigenvalue weighted by atomic mass is 16.6. The molecule has 2 rings (SSSR count). The Bertz CT molecular complexity index is 638. The van der Waals surface area contributed by atoms with Gasteiger partial charge in [-0.2, -0.15) is 0 Å². The van der Waals surface area contributed by atoms with Crippen LogP contribution in [0.3, 0.4) is 0 Å². The molecular weight excluding hydrogens is 344 g/mol. The van der Waals surface area contributed by atoms with E-state index < -0.39 is 0 Å². The van der Waals surface area contributed by atoms with Gasteiger partial charge in [0.25, 0.3) is 5.91 Å². The van der Waals surface area contributed by atoms with Gasteiger partial charge in [0.2, 0.25) is 5.96 Å². The minimum absolute atomic E-state index is 0.0917. The molecule has 1 amide bonds. The fourth-order valence-electron chi connectivity index (χ4n) is 3.51. The molecule has 0 unspecified atom stereocenters. The molecule has 1 aliphatic rings. The van der Waals surface area contributed by atoms with Crippen molar-refractivity contribution in [3.05, 3.63) is 29.3 Å². The summed E-state index contributed by atoms with van der Waals surface area (Å²) in [5.74, 6) is 0.685. The molecule has 0 bridgehead atoms. The van der Waals surface area contributed by atoms with Crippen LogP contribution < -0.4 is 16.2 Å². The Morgan fingerprint density at radius 3 is 2.59 bits per heavy atom. The number of nitrogens with zero attached hydrogens (tertiary/aromatic N) is 2. The van der Waals surface area contributed by atoms with Crippen molar-refractivity contribution in [2.45, 2.75) is 58.4 Å². The first-order valence-corrected chi connectivity index (χ1v) is 9.77. The number of guanidine groups is 1. The molecule has 7 nitrogen and oxygen atoms in total. The SMILES string of the molecule is CCN(C(=O)c1cc(C)cc(OCCCON=C(N)N)c1)C1CCCCC1. The number of carbonyl (C=O) groups excluding carboxylic acids is 1. The number of carbonyl (C=O) groups is 1. The molecule has 0 aliphatic heterocycles. The molecule has 0 heterocycles. The highest BCUT2D eigenvalue weighted by Crippen LogP contribution is 2.25. The number of benzene rings is 1. The Hall–Kier alpha value is -2.44. The van der Waals surface area contributed by atoms with Crippen LogP contribution in [0.4, 0.5) is 0 Å². The van der Waals surface area contributed by atoms with Gasteiger partial charge in [-0.05, 0) is 55.6 Å². The summed E-state index contributed by atoms with van der Waals surface area (Å²) in [6.45, 7) is 5.58. The number of nitrogens with two attached hydrogens (primary N) is 2. The summed E-state index contributed by atoms with van der Waals surface area (Å²) >= 11 is 0. The molecule has 0 aromatic heterocycles. The van der Waals surface area contributed by atoms with Crippen molar-refractivity contribution in [3.8, 4) is 5.75 Å². The molecule has 150 valence electrons. The van der Waals surface area contributed by atoms with Gasteiger partial charge in [0.05, 0.1) is 6.61 Å². The second-order valence-corrected chi connectivity index (χ2v) is 6.97. The van der Waals surface area contributed by atoms with Crippen molar-refractivity contribution in [2.24, 2.45) is 16.6 Å². The maximum Gasteiger partial charge on any atom is 0.254 e. The lowest BCUT2D eigenvalue weighted by atomic mass is 9.93. The lowest BCUT2D eigenvalue weighted by molar-refractivity contribution is 0.0647. The van der Waals surface area contributed by atoms with Crippen LogP contribution >= 0.6 is 0 Å². The third-order valence-corrected chi connectivity index (χ3v) is 4.73. The van der Waals surface area contributed by atoms with Crippen LogP contribution in [-0.2, 0) is 4.84 Å². The Morgan fingerprint density at radius 2 is 1.93 bits per heavy atom. The van der Waals surface area contributed by atoms with Crippen molar-refractivity contribution in [1.82, 2.24) is 4.90 Å². The van der Waals surface area contributed by atoms with Crippen LogP contribution in [0.5, 0.6) is 5.75 Å². The predicted octanol–water partition coefficient (Wildman–Crippen LogP) is 2.76. The van der Waals surface area contributed by atoms with Gasteiger partial charge in [-0.15, -0.1) is 0 Å². The van der Waals surface area contributed by atoms with E-state index in [1.807, 2.05) is 30.0 Å². The van der Waals surface area contributed by atoms with E-state index >= 15 is 0 Å². The number of ether oxygens (including phenoxy) is 1. The van der Waals surface area contributed by atoms with Gasteiger partial charge in [0.15, 0.2) is 0 Å². The molecule has 1 aliphatic carbocycles. The number of amides is 1. The largest absolute Gasteiger partial charge is 0.493 e. The third kappa shape index (κ3) is 6.66. The maximum atomic E-state index is 13.1. The Labute approximate surface area is 161 Å². The van der Waals surface area contributed by atoms with Crippen molar-refractivity contribution >= 4 is 11.9 Å². The summed E-state index contributed by atoms with van der Waals surface area (Å²) < 4.78 is 5.78. The zero-order valence-corrected chi connectivity index (χ0v) is 16.4. The Kier molecular flexibility index (Phi) is 8.23. The van der Waals surface area contributed by atoms with E-state index in [4.69, 9.17) is 21.0 Å². The number of hydrogen-bond donors (Lipinski definition) is 2. The van der Waals surface area contributed by atoms with E-state index in [0.29, 0.717) is 37.0 Å². The van der Waals surface area contributed by atoms with Gasteiger partial charge in [-0.1, -0.05) is 19.3 Å². The van der Waals surface area contributed by atoms with E-state index in [-0.39, 0.29) is 11.9 Å². The predicted molar refractivity (Wildman–Crippen MR) is 107 cm³/mol. The molecule has 0 spiro atoms. The van der Waals surface area contributed by atoms with Gasteiger partial charge in [-0.3, -0.25) is 4.79 Å². The molecule has 0 atom stereocenters. The Morgan fingerprint density at radius 1 is 1.19 bits per heavy atom. The molecule has 1 saturated carbocycles. The van der Waals surface area contributed by atoms with Gasteiger partial charge < -0.3 is 25.9 Å². The molecule has 1 fully saturated rings. The van der Waals surface area contributed by atoms with Crippen LogP contribution in [0.15, 0.2) is 23.4 Å². The molecule has 4 N–H and O–H groups in total. The highest BCUT2D eigenvalue weighted by molar-refractivity contribution is 5.95. The summed E-state index contributed by atoms with van der Waals surface area (Å²) in [5.41, 5.74) is 12.1. The molecule has 0 saturated heterocycles. The summed E-state index contributed by atoms with van der Waals surface area (Å²) in [7, 11) is 0. The standard InChI is InChI=1S/C20H32N4O3/c1-3-24(17-8-5-4-6-9-17)19(25)16-12-15(2)13-18(14-16)26-10-7-11-27-23-20(21)22/h12-14,17H,3-11H2,1-2H3,(H4,21,22,23). The lowest BCUT2D eigenvalue weighted by Crippen LogP contribution is -2.41. The highest BCUT2D eigenvalue weighted by Gasteiger charge is 2.25. The van der Waals surface area contributed by atoms with E-state index in [0.717, 1.165) is 24.9 Å². The van der Waals surface area contributed by atoms with Crippen molar-refractivity contribution < 1.29 is 14.4 Å². The first-order chi connectivity index (χ1) is 13.0. The minimum Gasteiger partial charge on any atom is -0.493 e. The molecule has 27 heavy (non-hydrogen) atoms. The first-order valence-electron chi connectivity index (χ1n) is 9.77. The van der Waals surface area contributed by atoms with Crippen molar-refractivity contribution in [3.63, 3.8) is 0 Å². The quantitative estimate of drug-likeness (QED) is 0.298. The maximum absolute atomic E-state index is 13.1. The monoisotopic (exact) mass is 376 g/mol. The van der Waals surface area contributed by atoms with Crippen molar-refractivity contribution in [2.75, 3.05) is 19.8 Å². The normalized spacial score (nSPS) is 14.4. The van der Waals surface area contributed by atoms with E-state index in [1.54, 1.807) is 0 Å². The van der Waals surface area contributed by atoms with Crippen LogP contribution in [-0.4, -0.2) is 42.6 Å². The number of oxime groups is 1. The van der Waals surface area contributed by atoms with Gasteiger partial charge in [0, 0.05) is 24.6 Å². The summed E-state index contributed by atoms with van der Waals surface area (Å²) in [6, 6.07) is 6.05. The van der Waals surface area contributed by atoms with Crippen molar-refractivity contribution in [1.29, 1.82) is 0 Å². The topological polar surface area (TPSA) is 103 Å². The summed E-state index contributed by atoms with van der Waals surface area (Å²) in [4.78, 5) is 20.0. The van der Waals surface area contributed by atoms with E-state index in [2.05, 4.69) is 12.1 Å².